The molecule has 1 aromatic carbocycles. The van der Waals surface area contributed by atoms with Gasteiger partial charge in [-0.1, -0.05) is 30.3 Å². The maximum Gasteiger partial charge on any atom is 0.312 e. The quantitative estimate of drug-likeness (QED) is 0.757. The average Bonchev–Trinajstić information content (AvgIpc) is 3.26. The molecule has 1 saturated heterocycles. The minimum Gasteiger partial charge on any atom is -0.459 e. The van der Waals surface area contributed by atoms with Crippen LogP contribution in [0.1, 0.15) is 30.0 Å². The lowest BCUT2D eigenvalue weighted by Crippen LogP contribution is -2.55. The molecule has 1 fully saturated rings. The van der Waals surface area contributed by atoms with Gasteiger partial charge in [0.1, 0.15) is 0 Å². The summed E-state index contributed by atoms with van der Waals surface area (Å²) in [6, 6.07) is 12.8. The van der Waals surface area contributed by atoms with E-state index in [4.69, 9.17) is 4.42 Å². The van der Waals surface area contributed by atoms with Crippen LogP contribution in [0.3, 0.4) is 0 Å². The van der Waals surface area contributed by atoms with E-state index in [1.54, 1.807) is 21.9 Å². The highest BCUT2D eigenvalue weighted by molar-refractivity contribution is 6.35. The van der Waals surface area contributed by atoms with Gasteiger partial charge in [0.05, 0.1) is 6.26 Å². The summed E-state index contributed by atoms with van der Waals surface area (Å²) >= 11 is 0. The van der Waals surface area contributed by atoms with Crippen molar-refractivity contribution in [1.82, 2.24) is 14.7 Å². The first-order chi connectivity index (χ1) is 13.5. The molecule has 3 rings (SSSR count). The molecule has 28 heavy (non-hydrogen) atoms. The van der Waals surface area contributed by atoms with Crippen LogP contribution in [0.2, 0.25) is 0 Å². The lowest BCUT2D eigenvalue weighted by atomic mass is 10.2. The minimum absolute atomic E-state index is 0.0986. The van der Waals surface area contributed by atoms with Gasteiger partial charge < -0.3 is 19.1 Å². The molecule has 0 radical (unpaired) electrons. The van der Waals surface area contributed by atoms with Gasteiger partial charge in [0.2, 0.25) is 0 Å². The van der Waals surface area contributed by atoms with Crippen molar-refractivity contribution in [2.75, 3.05) is 26.2 Å². The summed E-state index contributed by atoms with van der Waals surface area (Å²) in [6.45, 7) is 5.59. The van der Waals surface area contributed by atoms with E-state index in [1.165, 1.54) is 11.2 Å². The highest BCUT2D eigenvalue weighted by Crippen LogP contribution is 2.13. The van der Waals surface area contributed by atoms with Crippen LogP contribution in [0.15, 0.2) is 53.1 Å². The Morgan fingerprint density at radius 2 is 1.61 bits per heavy atom. The highest BCUT2D eigenvalue weighted by atomic mass is 16.3. The Kier molecular flexibility index (Phi) is 6.13. The van der Waals surface area contributed by atoms with Gasteiger partial charge in [-0.3, -0.25) is 14.4 Å². The molecule has 3 amide bonds. The Balaban J connectivity index is 1.60. The summed E-state index contributed by atoms with van der Waals surface area (Å²) in [7, 11) is 0. The van der Waals surface area contributed by atoms with E-state index in [0.29, 0.717) is 32.7 Å². The van der Waals surface area contributed by atoms with Crippen molar-refractivity contribution in [1.29, 1.82) is 0 Å². The third kappa shape index (κ3) is 4.42. The molecule has 0 spiro atoms. The molecule has 1 aliphatic rings. The Hall–Kier alpha value is -3.09. The van der Waals surface area contributed by atoms with Gasteiger partial charge in [0.15, 0.2) is 5.76 Å². The number of furan rings is 1. The zero-order chi connectivity index (χ0) is 20.1. The number of amides is 3. The normalized spacial score (nSPS) is 14.2. The number of nitrogens with zero attached hydrogens (tertiary/aromatic N) is 3. The molecule has 148 valence electrons. The maximum atomic E-state index is 12.8. The van der Waals surface area contributed by atoms with Gasteiger partial charge in [-0.25, -0.2) is 0 Å². The van der Waals surface area contributed by atoms with E-state index in [9.17, 15) is 14.4 Å². The molecular formula is C21H25N3O4. The summed E-state index contributed by atoms with van der Waals surface area (Å²) < 4.78 is 5.14. The molecule has 7 nitrogen and oxygen atoms in total. The van der Waals surface area contributed by atoms with E-state index >= 15 is 0 Å². The molecule has 2 heterocycles. The standard InChI is InChI=1S/C21H25N3O4/c1-16(2)24(15-17-7-4-3-5-8-17)21(27)20(26)23-12-10-22(11-13-23)19(25)18-9-6-14-28-18/h3-9,14,16H,10-13,15H2,1-2H3. The van der Waals surface area contributed by atoms with E-state index in [1.807, 2.05) is 44.2 Å². The van der Waals surface area contributed by atoms with Gasteiger partial charge in [-0.2, -0.15) is 0 Å². The van der Waals surface area contributed by atoms with Gasteiger partial charge in [-0.15, -0.1) is 0 Å². The molecular weight excluding hydrogens is 358 g/mol. The fourth-order valence-electron chi connectivity index (χ4n) is 3.20. The summed E-state index contributed by atoms with van der Waals surface area (Å²) in [4.78, 5) is 42.6. The average molecular weight is 383 g/mol. The number of carbonyl (C=O) groups excluding carboxylic acids is 3. The predicted octanol–water partition coefficient (Wildman–Crippen LogP) is 2.00. The minimum atomic E-state index is -0.519. The number of benzene rings is 1. The largest absolute Gasteiger partial charge is 0.459 e. The lowest BCUT2D eigenvalue weighted by Gasteiger charge is -2.35. The van der Waals surface area contributed by atoms with Gasteiger partial charge >= 0.3 is 11.8 Å². The molecule has 0 unspecified atom stereocenters. The molecule has 1 aliphatic heterocycles. The van der Waals surface area contributed by atoms with Crippen molar-refractivity contribution in [3.05, 3.63) is 60.1 Å². The molecule has 7 heteroatoms. The molecule has 0 bridgehead atoms. The predicted molar refractivity (Wildman–Crippen MR) is 103 cm³/mol. The molecule has 1 aromatic heterocycles. The fourth-order valence-corrected chi connectivity index (χ4v) is 3.20. The second-order valence-electron chi connectivity index (χ2n) is 7.07. The van der Waals surface area contributed by atoms with Gasteiger partial charge in [0.25, 0.3) is 5.91 Å². The van der Waals surface area contributed by atoms with Crippen LogP contribution in [-0.2, 0) is 16.1 Å². The number of rotatable bonds is 4. The van der Waals surface area contributed by atoms with Crippen molar-refractivity contribution < 1.29 is 18.8 Å². The number of carbonyl (C=O) groups is 3. The zero-order valence-corrected chi connectivity index (χ0v) is 16.2. The zero-order valence-electron chi connectivity index (χ0n) is 16.2. The lowest BCUT2D eigenvalue weighted by molar-refractivity contribution is -0.154. The van der Waals surface area contributed by atoms with Crippen molar-refractivity contribution >= 4 is 17.7 Å². The van der Waals surface area contributed by atoms with Crippen LogP contribution in [0.5, 0.6) is 0 Å². The summed E-state index contributed by atoms with van der Waals surface area (Å²) in [5.74, 6) is -0.944. The summed E-state index contributed by atoms with van der Waals surface area (Å²) in [6.07, 6.45) is 1.46. The first-order valence-electron chi connectivity index (χ1n) is 9.44. The monoisotopic (exact) mass is 383 g/mol. The fraction of sp³-hybridized carbons (Fsp3) is 0.381. The number of hydrogen-bond acceptors (Lipinski definition) is 4. The van der Waals surface area contributed by atoms with Crippen LogP contribution in [0.25, 0.3) is 0 Å². The highest BCUT2D eigenvalue weighted by Gasteiger charge is 2.32. The van der Waals surface area contributed by atoms with Crippen LogP contribution in [0, 0.1) is 0 Å². The second-order valence-corrected chi connectivity index (χ2v) is 7.07. The molecule has 2 aromatic rings. The van der Waals surface area contributed by atoms with Crippen molar-refractivity contribution in [3.63, 3.8) is 0 Å². The Bertz CT molecular complexity index is 809. The van der Waals surface area contributed by atoms with Gasteiger partial charge in [0, 0.05) is 38.8 Å². The van der Waals surface area contributed by atoms with E-state index < -0.39 is 11.8 Å². The smallest absolute Gasteiger partial charge is 0.312 e. The van der Waals surface area contributed by atoms with E-state index in [0.717, 1.165) is 5.56 Å². The first kappa shape index (κ1) is 19.7. The molecule has 0 saturated carbocycles. The summed E-state index contributed by atoms with van der Waals surface area (Å²) in [5, 5.41) is 0. The number of piperazine rings is 1. The van der Waals surface area contributed by atoms with Crippen molar-refractivity contribution in [2.45, 2.75) is 26.4 Å². The molecule has 0 N–H and O–H groups in total. The third-order valence-corrected chi connectivity index (χ3v) is 4.85. The number of hydrogen-bond donors (Lipinski definition) is 0. The Labute approximate surface area is 164 Å². The SMILES string of the molecule is CC(C)N(Cc1ccccc1)C(=O)C(=O)N1CCN(C(=O)c2ccco2)CC1. The van der Waals surface area contributed by atoms with Crippen LogP contribution < -0.4 is 0 Å². The van der Waals surface area contributed by atoms with Crippen LogP contribution in [0.4, 0.5) is 0 Å². The third-order valence-electron chi connectivity index (χ3n) is 4.85. The van der Waals surface area contributed by atoms with Crippen LogP contribution in [-0.4, -0.2) is 64.6 Å². The molecule has 0 aliphatic carbocycles. The summed E-state index contributed by atoms with van der Waals surface area (Å²) in [5.41, 5.74) is 0.978. The maximum absolute atomic E-state index is 12.8. The van der Waals surface area contributed by atoms with E-state index in [2.05, 4.69) is 0 Å². The second kappa shape index (κ2) is 8.73. The van der Waals surface area contributed by atoms with Gasteiger partial charge in [-0.05, 0) is 31.5 Å². The Morgan fingerprint density at radius 1 is 0.964 bits per heavy atom. The topological polar surface area (TPSA) is 74.1 Å². The van der Waals surface area contributed by atoms with Crippen molar-refractivity contribution in [2.24, 2.45) is 0 Å². The van der Waals surface area contributed by atoms with E-state index in [-0.39, 0.29) is 17.7 Å². The Morgan fingerprint density at radius 3 is 2.18 bits per heavy atom. The van der Waals surface area contributed by atoms with Crippen molar-refractivity contribution in [3.8, 4) is 0 Å². The first-order valence-corrected chi connectivity index (χ1v) is 9.44. The molecule has 0 atom stereocenters. The van der Waals surface area contributed by atoms with Crippen LogP contribution >= 0.6 is 0 Å².